The highest BCUT2D eigenvalue weighted by Gasteiger charge is 2.51. The van der Waals surface area contributed by atoms with Gasteiger partial charge in [-0.25, -0.2) is 8.42 Å². The van der Waals surface area contributed by atoms with Gasteiger partial charge in [0.2, 0.25) is 0 Å². The quantitative estimate of drug-likeness (QED) is 0.544. The van der Waals surface area contributed by atoms with E-state index in [1.165, 1.54) is 6.92 Å². The summed E-state index contributed by atoms with van der Waals surface area (Å²) in [6, 6.07) is 0. The van der Waals surface area contributed by atoms with Crippen molar-refractivity contribution in [2.75, 3.05) is 5.75 Å². The third kappa shape index (κ3) is 5.04. The average molecular weight is 348 g/mol. The SMILES string of the molecule is C=C(C)CS(=O)(=O)C1O[C@@H](C)[C@@H](C)[C@@H](OC(C)=O)[C@@H]1OC(C)=O. The summed E-state index contributed by atoms with van der Waals surface area (Å²) in [5.41, 5.74) is -0.968. The lowest BCUT2D eigenvalue weighted by Gasteiger charge is -2.43. The third-order valence-corrected chi connectivity index (χ3v) is 5.59. The molecule has 1 rings (SSSR count). The maximum atomic E-state index is 12.6. The first kappa shape index (κ1) is 19.6. The summed E-state index contributed by atoms with van der Waals surface area (Å²) in [5, 5.41) is 0. The highest BCUT2D eigenvalue weighted by molar-refractivity contribution is 7.92. The number of sulfone groups is 1. The van der Waals surface area contributed by atoms with Crippen LogP contribution in [0.2, 0.25) is 0 Å². The van der Waals surface area contributed by atoms with Gasteiger partial charge in [-0.3, -0.25) is 9.59 Å². The Morgan fingerprint density at radius 1 is 1.04 bits per heavy atom. The summed E-state index contributed by atoms with van der Waals surface area (Å²) in [7, 11) is -3.79. The van der Waals surface area contributed by atoms with Crippen molar-refractivity contribution < 1.29 is 32.2 Å². The number of hydrogen-bond donors (Lipinski definition) is 0. The first-order chi connectivity index (χ1) is 10.5. The minimum atomic E-state index is -3.79. The number of carbonyl (C=O) groups excluding carboxylic acids is 2. The molecule has 0 aromatic heterocycles. The van der Waals surface area contributed by atoms with Crippen LogP contribution in [-0.4, -0.2) is 49.9 Å². The van der Waals surface area contributed by atoms with Gasteiger partial charge in [0.1, 0.15) is 6.10 Å². The molecule has 1 heterocycles. The number of rotatable bonds is 5. The minimum Gasteiger partial charge on any atom is -0.458 e. The van der Waals surface area contributed by atoms with Crippen molar-refractivity contribution in [3.8, 4) is 0 Å². The van der Waals surface area contributed by atoms with E-state index in [4.69, 9.17) is 14.2 Å². The maximum Gasteiger partial charge on any atom is 0.303 e. The first-order valence-corrected chi connectivity index (χ1v) is 9.03. The first-order valence-electron chi connectivity index (χ1n) is 7.31. The monoisotopic (exact) mass is 348 g/mol. The highest BCUT2D eigenvalue weighted by Crippen LogP contribution is 2.33. The highest BCUT2D eigenvalue weighted by atomic mass is 32.2. The van der Waals surface area contributed by atoms with Crippen molar-refractivity contribution in [2.24, 2.45) is 5.92 Å². The van der Waals surface area contributed by atoms with E-state index in [2.05, 4.69) is 6.58 Å². The Morgan fingerprint density at radius 2 is 1.52 bits per heavy atom. The molecule has 1 saturated heterocycles. The molecule has 0 aliphatic carbocycles. The van der Waals surface area contributed by atoms with E-state index in [1.807, 2.05) is 0 Å². The van der Waals surface area contributed by atoms with Crippen molar-refractivity contribution >= 4 is 21.8 Å². The second-order valence-corrected chi connectivity index (χ2v) is 8.06. The molecular weight excluding hydrogens is 324 g/mol. The molecule has 0 amide bonds. The Kier molecular flexibility index (Phi) is 6.35. The van der Waals surface area contributed by atoms with E-state index >= 15 is 0 Å². The smallest absolute Gasteiger partial charge is 0.303 e. The molecule has 132 valence electrons. The van der Waals surface area contributed by atoms with E-state index in [1.54, 1.807) is 20.8 Å². The van der Waals surface area contributed by atoms with E-state index in [0.717, 1.165) is 6.92 Å². The Hall–Kier alpha value is -1.41. The molecule has 0 spiro atoms. The van der Waals surface area contributed by atoms with Gasteiger partial charge in [0, 0.05) is 19.8 Å². The predicted molar refractivity (Wildman–Crippen MR) is 83.2 cm³/mol. The normalized spacial score (nSPS) is 31.3. The Bertz CT molecular complexity index is 581. The van der Waals surface area contributed by atoms with Crippen molar-refractivity contribution in [1.29, 1.82) is 0 Å². The fourth-order valence-corrected chi connectivity index (χ4v) is 4.34. The van der Waals surface area contributed by atoms with Crippen LogP contribution in [0.4, 0.5) is 0 Å². The second-order valence-electron chi connectivity index (χ2n) is 5.98. The lowest BCUT2D eigenvalue weighted by Crippen LogP contribution is -2.58. The minimum absolute atomic E-state index is 0.302. The summed E-state index contributed by atoms with van der Waals surface area (Å²) < 4.78 is 41.1. The van der Waals surface area contributed by atoms with Crippen LogP contribution in [0.1, 0.15) is 34.6 Å². The molecule has 23 heavy (non-hydrogen) atoms. The van der Waals surface area contributed by atoms with Gasteiger partial charge in [-0.1, -0.05) is 19.1 Å². The fraction of sp³-hybridized carbons (Fsp3) is 0.733. The molecule has 0 saturated carbocycles. The van der Waals surface area contributed by atoms with Crippen LogP contribution < -0.4 is 0 Å². The molecule has 1 fully saturated rings. The average Bonchev–Trinajstić information content (AvgIpc) is 2.35. The predicted octanol–water partition coefficient (Wildman–Crippen LogP) is 1.22. The Labute approximate surface area is 136 Å². The van der Waals surface area contributed by atoms with Crippen LogP contribution in [0, 0.1) is 5.92 Å². The summed E-state index contributed by atoms with van der Waals surface area (Å²) in [6.45, 7) is 11.0. The number of carbonyl (C=O) groups is 2. The summed E-state index contributed by atoms with van der Waals surface area (Å²) in [4.78, 5) is 22.8. The Balaban J connectivity index is 3.26. The molecule has 1 unspecified atom stereocenters. The lowest BCUT2D eigenvalue weighted by molar-refractivity contribution is -0.205. The Morgan fingerprint density at radius 3 is 1.96 bits per heavy atom. The lowest BCUT2D eigenvalue weighted by atomic mass is 9.92. The van der Waals surface area contributed by atoms with Crippen molar-refractivity contribution in [2.45, 2.75) is 58.4 Å². The second kappa shape index (κ2) is 7.44. The van der Waals surface area contributed by atoms with Crippen LogP contribution in [0.25, 0.3) is 0 Å². The van der Waals surface area contributed by atoms with Crippen LogP contribution in [-0.2, 0) is 33.6 Å². The summed E-state index contributed by atoms with van der Waals surface area (Å²) in [5.74, 6) is -1.89. The van der Waals surface area contributed by atoms with E-state index in [-0.39, 0.29) is 11.7 Å². The van der Waals surface area contributed by atoms with E-state index < -0.39 is 45.5 Å². The van der Waals surface area contributed by atoms with E-state index in [9.17, 15) is 18.0 Å². The molecule has 0 radical (unpaired) electrons. The molecule has 5 atom stereocenters. The number of esters is 2. The standard InChI is InChI=1S/C15H24O7S/c1-8(2)7-23(18,19)15-14(22-12(6)17)13(21-11(5)16)9(3)10(4)20-15/h9-10,13-15H,1,7H2,2-6H3/t9-,10+,13-,14+,15?/m1/s1. The molecule has 7 nitrogen and oxygen atoms in total. The van der Waals surface area contributed by atoms with Gasteiger partial charge in [-0.15, -0.1) is 0 Å². The summed E-state index contributed by atoms with van der Waals surface area (Å²) in [6.07, 6.45) is -2.60. The zero-order chi connectivity index (χ0) is 17.9. The molecule has 8 heteroatoms. The van der Waals surface area contributed by atoms with Crippen molar-refractivity contribution in [3.63, 3.8) is 0 Å². The van der Waals surface area contributed by atoms with Crippen LogP contribution >= 0.6 is 0 Å². The maximum absolute atomic E-state index is 12.6. The molecular formula is C15H24O7S. The molecule has 0 aromatic rings. The zero-order valence-corrected chi connectivity index (χ0v) is 14.9. The summed E-state index contributed by atoms with van der Waals surface area (Å²) >= 11 is 0. The molecule has 0 bridgehead atoms. The molecule has 0 N–H and O–H groups in total. The number of ether oxygens (including phenoxy) is 3. The van der Waals surface area contributed by atoms with Gasteiger partial charge in [0.05, 0.1) is 11.9 Å². The third-order valence-electron chi connectivity index (χ3n) is 3.61. The fourth-order valence-electron chi connectivity index (χ4n) is 2.53. The van der Waals surface area contributed by atoms with Crippen LogP contribution in [0.15, 0.2) is 12.2 Å². The molecule has 1 aliphatic heterocycles. The van der Waals surface area contributed by atoms with Gasteiger partial charge in [0.25, 0.3) is 0 Å². The van der Waals surface area contributed by atoms with E-state index in [0.29, 0.717) is 5.57 Å². The van der Waals surface area contributed by atoms with Gasteiger partial charge in [-0.2, -0.15) is 0 Å². The van der Waals surface area contributed by atoms with Crippen molar-refractivity contribution in [3.05, 3.63) is 12.2 Å². The van der Waals surface area contributed by atoms with Gasteiger partial charge in [0.15, 0.2) is 21.4 Å². The molecule has 0 aromatic carbocycles. The topological polar surface area (TPSA) is 96.0 Å². The largest absolute Gasteiger partial charge is 0.458 e. The van der Waals surface area contributed by atoms with Gasteiger partial charge >= 0.3 is 11.9 Å². The van der Waals surface area contributed by atoms with Crippen LogP contribution in [0.5, 0.6) is 0 Å². The van der Waals surface area contributed by atoms with Gasteiger partial charge < -0.3 is 14.2 Å². The zero-order valence-electron chi connectivity index (χ0n) is 14.1. The van der Waals surface area contributed by atoms with Gasteiger partial charge in [-0.05, 0) is 13.8 Å². The van der Waals surface area contributed by atoms with Crippen molar-refractivity contribution in [1.82, 2.24) is 0 Å². The molecule has 1 aliphatic rings. The van der Waals surface area contributed by atoms with Crippen LogP contribution in [0.3, 0.4) is 0 Å². The number of hydrogen-bond acceptors (Lipinski definition) is 7.